The lowest BCUT2D eigenvalue weighted by molar-refractivity contribution is -0.115. The lowest BCUT2D eigenvalue weighted by atomic mass is 10.1. The Kier molecular flexibility index (Phi) is 4.45. The van der Waals surface area contributed by atoms with E-state index < -0.39 is 0 Å². The summed E-state index contributed by atoms with van der Waals surface area (Å²) >= 11 is 12.0. The molecule has 4 nitrogen and oxygen atoms in total. The first-order chi connectivity index (χ1) is 9.10. The maximum absolute atomic E-state index is 11.9. The van der Waals surface area contributed by atoms with Gasteiger partial charge in [-0.25, -0.2) is 0 Å². The van der Waals surface area contributed by atoms with Crippen LogP contribution in [0.2, 0.25) is 10.0 Å². The van der Waals surface area contributed by atoms with Gasteiger partial charge in [0.1, 0.15) is 0 Å². The number of amides is 1. The summed E-state index contributed by atoms with van der Waals surface area (Å²) < 4.78 is 0. The van der Waals surface area contributed by atoms with E-state index in [0.29, 0.717) is 21.4 Å². The first-order valence-corrected chi connectivity index (χ1v) is 6.62. The molecular weight excluding hydrogens is 285 g/mol. The Balaban J connectivity index is 2.05. The van der Waals surface area contributed by atoms with E-state index in [0.717, 1.165) is 12.1 Å². The molecule has 1 heterocycles. The van der Waals surface area contributed by atoms with E-state index in [1.54, 1.807) is 24.3 Å². The minimum absolute atomic E-state index is 0.118. The van der Waals surface area contributed by atoms with Crippen LogP contribution in [-0.4, -0.2) is 16.1 Å². The van der Waals surface area contributed by atoms with E-state index in [-0.39, 0.29) is 12.3 Å². The van der Waals surface area contributed by atoms with Crippen molar-refractivity contribution < 1.29 is 4.79 Å². The van der Waals surface area contributed by atoms with Gasteiger partial charge in [-0.1, -0.05) is 36.2 Å². The van der Waals surface area contributed by atoms with Crippen molar-refractivity contribution in [1.82, 2.24) is 10.2 Å². The average molecular weight is 298 g/mol. The van der Waals surface area contributed by atoms with E-state index in [9.17, 15) is 4.79 Å². The zero-order chi connectivity index (χ0) is 13.8. The van der Waals surface area contributed by atoms with Crippen LogP contribution in [0.1, 0.15) is 18.2 Å². The van der Waals surface area contributed by atoms with Gasteiger partial charge in [0.2, 0.25) is 5.91 Å². The van der Waals surface area contributed by atoms with Gasteiger partial charge in [-0.2, -0.15) is 5.10 Å². The molecule has 100 valence electrons. The smallest absolute Gasteiger partial charge is 0.230 e. The van der Waals surface area contributed by atoms with Crippen LogP contribution in [-0.2, 0) is 17.6 Å². The highest BCUT2D eigenvalue weighted by Crippen LogP contribution is 2.24. The van der Waals surface area contributed by atoms with E-state index in [2.05, 4.69) is 15.5 Å². The summed E-state index contributed by atoms with van der Waals surface area (Å²) in [6, 6.07) is 6.96. The molecule has 0 aliphatic heterocycles. The molecule has 0 aliphatic carbocycles. The number of nitrogens with one attached hydrogen (secondary N) is 2. The normalized spacial score (nSPS) is 10.5. The molecule has 1 aromatic carbocycles. The second-order valence-corrected chi connectivity index (χ2v) is 4.87. The molecule has 0 fully saturated rings. The first-order valence-electron chi connectivity index (χ1n) is 5.87. The Labute approximate surface area is 121 Å². The number of hydrogen-bond acceptors (Lipinski definition) is 2. The maximum Gasteiger partial charge on any atom is 0.230 e. The number of hydrogen-bond donors (Lipinski definition) is 2. The molecule has 1 aromatic heterocycles. The molecule has 1 amide bonds. The molecule has 0 spiro atoms. The summed E-state index contributed by atoms with van der Waals surface area (Å²) in [6.07, 6.45) is 0.950. The number of H-pyrrole nitrogens is 1. The molecule has 19 heavy (non-hydrogen) atoms. The van der Waals surface area contributed by atoms with Crippen molar-refractivity contribution in [1.29, 1.82) is 0 Å². The molecule has 0 atom stereocenters. The third-order valence-electron chi connectivity index (χ3n) is 2.68. The Hall–Kier alpha value is -1.52. The van der Waals surface area contributed by atoms with Gasteiger partial charge in [0, 0.05) is 21.8 Å². The summed E-state index contributed by atoms with van der Waals surface area (Å²) in [6.45, 7) is 2.00. The Morgan fingerprint density at radius 2 is 2.05 bits per heavy atom. The molecule has 0 unspecified atom stereocenters. The predicted molar refractivity (Wildman–Crippen MR) is 76.8 cm³/mol. The highest BCUT2D eigenvalue weighted by atomic mass is 35.5. The summed E-state index contributed by atoms with van der Waals surface area (Å²) in [4.78, 5) is 11.9. The fourth-order valence-corrected chi connectivity index (χ4v) is 2.19. The number of carbonyl (C=O) groups excluding carboxylic acids is 1. The summed E-state index contributed by atoms with van der Waals surface area (Å²) in [5.74, 6) is 0.300. The third-order valence-corrected chi connectivity index (χ3v) is 3.39. The van der Waals surface area contributed by atoms with Crippen LogP contribution >= 0.6 is 23.2 Å². The van der Waals surface area contributed by atoms with Crippen LogP contribution < -0.4 is 5.32 Å². The number of anilines is 1. The molecule has 0 aliphatic rings. The number of aromatic amines is 1. The van der Waals surface area contributed by atoms with Crippen LogP contribution in [0.3, 0.4) is 0 Å². The number of aryl methyl sites for hydroxylation is 1. The zero-order valence-electron chi connectivity index (χ0n) is 10.3. The van der Waals surface area contributed by atoms with Crippen molar-refractivity contribution in [3.05, 3.63) is 45.6 Å². The molecule has 0 bridgehead atoms. The second-order valence-electron chi connectivity index (χ2n) is 4.06. The largest absolute Gasteiger partial charge is 0.309 e. The molecule has 0 saturated heterocycles. The summed E-state index contributed by atoms with van der Waals surface area (Å²) in [7, 11) is 0. The lowest BCUT2D eigenvalue weighted by Crippen LogP contribution is -2.15. The minimum atomic E-state index is -0.204. The van der Waals surface area contributed by atoms with Crippen molar-refractivity contribution >= 4 is 34.9 Å². The Morgan fingerprint density at radius 3 is 2.63 bits per heavy atom. The third kappa shape index (κ3) is 3.49. The van der Waals surface area contributed by atoms with Crippen LogP contribution in [0, 0.1) is 0 Å². The van der Waals surface area contributed by atoms with Crippen LogP contribution in [0.4, 0.5) is 5.82 Å². The van der Waals surface area contributed by atoms with Gasteiger partial charge in [0.15, 0.2) is 5.82 Å². The van der Waals surface area contributed by atoms with Gasteiger partial charge in [-0.05, 0) is 24.1 Å². The molecule has 2 aromatic rings. The van der Waals surface area contributed by atoms with Gasteiger partial charge in [-0.15, -0.1) is 0 Å². The molecule has 2 N–H and O–H groups in total. The van der Waals surface area contributed by atoms with Gasteiger partial charge in [-0.3, -0.25) is 9.89 Å². The standard InChI is InChI=1S/C13H13Cl2N3O/c1-2-8-6-12(18-17-8)16-13(19)7-9-10(14)4-3-5-11(9)15/h3-6H,2,7H2,1H3,(H2,16,17,18,19). The molecule has 2 rings (SSSR count). The van der Waals surface area contributed by atoms with Gasteiger partial charge in [0.25, 0.3) is 0 Å². The number of nitrogens with zero attached hydrogens (tertiary/aromatic N) is 1. The monoisotopic (exact) mass is 297 g/mol. The van der Waals surface area contributed by atoms with Crippen LogP contribution in [0.5, 0.6) is 0 Å². The molecule has 0 saturated carbocycles. The topological polar surface area (TPSA) is 57.8 Å². The highest BCUT2D eigenvalue weighted by molar-refractivity contribution is 6.36. The maximum atomic E-state index is 11.9. The zero-order valence-corrected chi connectivity index (χ0v) is 11.8. The van der Waals surface area contributed by atoms with Crippen molar-refractivity contribution in [2.24, 2.45) is 0 Å². The van der Waals surface area contributed by atoms with Crippen LogP contribution in [0.15, 0.2) is 24.3 Å². The predicted octanol–water partition coefficient (Wildman–Crippen LogP) is 3.46. The van der Waals surface area contributed by atoms with Crippen molar-refractivity contribution in [3.8, 4) is 0 Å². The lowest BCUT2D eigenvalue weighted by Gasteiger charge is -2.06. The second kappa shape index (κ2) is 6.08. The van der Waals surface area contributed by atoms with E-state index in [1.807, 2.05) is 6.92 Å². The Bertz CT molecular complexity index is 575. The minimum Gasteiger partial charge on any atom is -0.309 e. The number of benzene rings is 1. The summed E-state index contributed by atoms with van der Waals surface area (Å²) in [5, 5.41) is 10.5. The molecule has 6 heteroatoms. The van der Waals surface area contributed by atoms with Gasteiger partial charge in [0.05, 0.1) is 6.42 Å². The highest BCUT2D eigenvalue weighted by Gasteiger charge is 2.12. The fraction of sp³-hybridized carbons (Fsp3) is 0.231. The molecular formula is C13H13Cl2N3O. The fourth-order valence-electron chi connectivity index (χ4n) is 1.66. The summed E-state index contributed by atoms with van der Waals surface area (Å²) in [5.41, 5.74) is 1.58. The number of halogens is 2. The van der Waals surface area contributed by atoms with E-state index in [4.69, 9.17) is 23.2 Å². The van der Waals surface area contributed by atoms with E-state index >= 15 is 0 Å². The van der Waals surface area contributed by atoms with Crippen LogP contribution in [0.25, 0.3) is 0 Å². The first kappa shape index (κ1) is 13.9. The van der Waals surface area contributed by atoms with Gasteiger partial charge < -0.3 is 5.32 Å². The quantitative estimate of drug-likeness (QED) is 0.908. The Morgan fingerprint density at radius 1 is 1.37 bits per heavy atom. The molecule has 0 radical (unpaired) electrons. The van der Waals surface area contributed by atoms with Crippen molar-refractivity contribution in [3.63, 3.8) is 0 Å². The van der Waals surface area contributed by atoms with Crippen molar-refractivity contribution in [2.45, 2.75) is 19.8 Å². The number of aromatic nitrogens is 2. The average Bonchev–Trinajstić information content (AvgIpc) is 2.81. The van der Waals surface area contributed by atoms with E-state index in [1.165, 1.54) is 0 Å². The SMILES string of the molecule is CCc1cc(NC(=O)Cc2c(Cl)cccc2Cl)n[nH]1. The van der Waals surface area contributed by atoms with Crippen molar-refractivity contribution in [2.75, 3.05) is 5.32 Å². The number of rotatable bonds is 4. The van der Waals surface area contributed by atoms with Gasteiger partial charge >= 0.3 is 0 Å². The number of carbonyl (C=O) groups is 1.